The first-order valence-electron chi connectivity index (χ1n) is 5.24. The average molecular weight is 188 g/mol. The molecule has 1 aliphatic rings. The highest BCUT2D eigenvalue weighted by Gasteiger charge is 2.25. The van der Waals surface area contributed by atoms with Gasteiger partial charge in [-0.25, -0.2) is 0 Å². The van der Waals surface area contributed by atoms with Crippen LogP contribution < -0.4 is 4.74 Å². The molecule has 1 fully saturated rings. The molecule has 0 spiro atoms. The van der Waals surface area contributed by atoms with Crippen molar-refractivity contribution >= 4 is 6.08 Å². The highest BCUT2D eigenvalue weighted by Crippen LogP contribution is 2.42. The van der Waals surface area contributed by atoms with Crippen LogP contribution >= 0.6 is 0 Å². The zero-order valence-electron chi connectivity index (χ0n) is 8.62. The van der Waals surface area contributed by atoms with Crippen molar-refractivity contribution in [2.75, 3.05) is 6.61 Å². The van der Waals surface area contributed by atoms with E-state index in [1.807, 2.05) is 13.0 Å². The molecule has 1 saturated carbocycles. The lowest BCUT2D eigenvalue weighted by atomic mass is 10.0. The van der Waals surface area contributed by atoms with E-state index >= 15 is 0 Å². The summed E-state index contributed by atoms with van der Waals surface area (Å²) in [5.41, 5.74) is 2.67. The fourth-order valence-electron chi connectivity index (χ4n) is 1.75. The van der Waals surface area contributed by atoms with Crippen LogP contribution in [0.3, 0.4) is 0 Å². The molecular formula is C13H16O. The first-order valence-corrected chi connectivity index (χ1v) is 5.24. The Morgan fingerprint density at radius 1 is 1.50 bits per heavy atom. The normalized spacial score (nSPS) is 15.2. The highest BCUT2D eigenvalue weighted by atomic mass is 16.5. The van der Waals surface area contributed by atoms with Crippen LogP contribution in [0.15, 0.2) is 24.8 Å². The van der Waals surface area contributed by atoms with Gasteiger partial charge in [-0.2, -0.15) is 0 Å². The summed E-state index contributed by atoms with van der Waals surface area (Å²) in [4.78, 5) is 0. The molecule has 0 amide bonds. The van der Waals surface area contributed by atoms with Crippen molar-refractivity contribution in [3.8, 4) is 5.75 Å². The molecule has 0 aromatic heterocycles. The Balaban J connectivity index is 2.29. The third kappa shape index (κ3) is 1.82. The molecule has 0 radical (unpaired) electrons. The van der Waals surface area contributed by atoms with Crippen LogP contribution in [0.5, 0.6) is 5.75 Å². The van der Waals surface area contributed by atoms with Gasteiger partial charge >= 0.3 is 0 Å². The molecule has 0 bridgehead atoms. The average Bonchev–Trinajstić information content (AvgIpc) is 3.02. The third-order valence-electron chi connectivity index (χ3n) is 2.61. The minimum Gasteiger partial charge on any atom is -0.494 e. The van der Waals surface area contributed by atoms with Crippen LogP contribution in [0, 0.1) is 0 Å². The molecule has 1 aliphatic carbocycles. The van der Waals surface area contributed by atoms with Crippen LogP contribution in [0.1, 0.15) is 36.8 Å². The van der Waals surface area contributed by atoms with Gasteiger partial charge in [0, 0.05) is 0 Å². The molecule has 1 nitrogen and oxygen atoms in total. The fourth-order valence-corrected chi connectivity index (χ4v) is 1.75. The summed E-state index contributed by atoms with van der Waals surface area (Å²) in [7, 11) is 0. The summed E-state index contributed by atoms with van der Waals surface area (Å²) in [6.45, 7) is 6.57. The molecule has 0 aliphatic heterocycles. The van der Waals surface area contributed by atoms with E-state index in [-0.39, 0.29) is 0 Å². The van der Waals surface area contributed by atoms with Gasteiger partial charge in [0.1, 0.15) is 5.75 Å². The standard InChI is InChI=1S/C13H16O/c1-3-10-9-12(14-4-2)7-8-13(10)11-5-6-11/h3,7-9,11H,1,4-6H2,2H3. The number of hydrogen-bond acceptors (Lipinski definition) is 1. The second-order valence-electron chi connectivity index (χ2n) is 3.70. The molecule has 0 N–H and O–H groups in total. The van der Waals surface area contributed by atoms with Gasteiger partial charge in [0.2, 0.25) is 0 Å². The fraction of sp³-hybridized carbons (Fsp3) is 0.385. The van der Waals surface area contributed by atoms with Gasteiger partial charge in [-0.1, -0.05) is 18.7 Å². The van der Waals surface area contributed by atoms with Gasteiger partial charge in [-0.05, 0) is 48.9 Å². The maximum atomic E-state index is 5.46. The molecule has 0 saturated heterocycles. The van der Waals surface area contributed by atoms with E-state index in [9.17, 15) is 0 Å². The zero-order chi connectivity index (χ0) is 9.97. The molecule has 0 atom stereocenters. The smallest absolute Gasteiger partial charge is 0.119 e. The number of rotatable bonds is 4. The van der Waals surface area contributed by atoms with Crippen molar-refractivity contribution < 1.29 is 4.74 Å². The Morgan fingerprint density at radius 2 is 2.29 bits per heavy atom. The Bertz CT molecular complexity index is 337. The molecule has 1 aromatic rings. The van der Waals surface area contributed by atoms with Crippen LogP contribution in [0.2, 0.25) is 0 Å². The molecule has 0 heterocycles. The Labute approximate surface area is 85.4 Å². The Kier molecular flexibility index (Phi) is 2.58. The van der Waals surface area contributed by atoms with Crippen molar-refractivity contribution in [2.24, 2.45) is 0 Å². The van der Waals surface area contributed by atoms with Gasteiger partial charge in [0.15, 0.2) is 0 Å². The van der Waals surface area contributed by atoms with E-state index in [1.165, 1.54) is 24.0 Å². The summed E-state index contributed by atoms with van der Waals surface area (Å²) in [6.07, 6.45) is 4.58. The molecule has 2 rings (SSSR count). The van der Waals surface area contributed by atoms with Crippen molar-refractivity contribution in [2.45, 2.75) is 25.7 Å². The highest BCUT2D eigenvalue weighted by molar-refractivity contribution is 5.56. The van der Waals surface area contributed by atoms with Crippen molar-refractivity contribution in [3.05, 3.63) is 35.9 Å². The molecule has 14 heavy (non-hydrogen) atoms. The monoisotopic (exact) mass is 188 g/mol. The van der Waals surface area contributed by atoms with E-state index in [0.717, 1.165) is 18.3 Å². The van der Waals surface area contributed by atoms with Crippen LogP contribution in [-0.4, -0.2) is 6.61 Å². The lowest BCUT2D eigenvalue weighted by molar-refractivity contribution is 0.340. The number of benzene rings is 1. The molecule has 0 unspecified atom stereocenters. The second kappa shape index (κ2) is 3.87. The van der Waals surface area contributed by atoms with Crippen molar-refractivity contribution in [1.29, 1.82) is 0 Å². The number of ether oxygens (including phenoxy) is 1. The molecule has 1 heteroatoms. The van der Waals surface area contributed by atoms with Crippen LogP contribution in [-0.2, 0) is 0 Å². The Morgan fingerprint density at radius 3 is 2.86 bits per heavy atom. The van der Waals surface area contributed by atoms with E-state index < -0.39 is 0 Å². The van der Waals surface area contributed by atoms with Gasteiger partial charge < -0.3 is 4.74 Å². The number of hydrogen-bond donors (Lipinski definition) is 0. The van der Waals surface area contributed by atoms with E-state index in [2.05, 4.69) is 24.8 Å². The van der Waals surface area contributed by atoms with Gasteiger partial charge in [-0.15, -0.1) is 0 Å². The predicted molar refractivity (Wildman–Crippen MR) is 59.7 cm³/mol. The van der Waals surface area contributed by atoms with Crippen LogP contribution in [0.25, 0.3) is 6.08 Å². The molecule has 74 valence electrons. The summed E-state index contributed by atoms with van der Waals surface area (Å²) >= 11 is 0. The first-order chi connectivity index (χ1) is 6.85. The topological polar surface area (TPSA) is 9.23 Å². The van der Waals surface area contributed by atoms with Crippen molar-refractivity contribution in [1.82, 2.24) is 0 Å². The van der Waals surface area contributed by atoms with Crippen LogP contribution in [0.4, 0.5) is 0 Å². The minimum absolute atomic E-state index is 0.722. The lowest BCUT2D eigenvalue weighted by Crippen LogP contribution is -1.93. The maximum absolute atomic E-state index is 5.46. The largest absolute Gasteiger partial charge is 0.494 e. The maximum Gasteiger partial charge on any atom is 0.119 e. The zero-order valence-corrected chi connectivity index (χ0v) is 8.62. The van der Waals surface area contributed by atoms with Gasteiger partial charge in [0.05, 0.1) is 6.61 Å². The quantitative estimate of drug-likeness (QED) is 0.701. The van der Waals surface area contributed by atoms with Crippen molar-refractivity contribution in [3.63, 3.8) is 0 Å². The van der Waals surface area contributed by atoms with Gasteiger partial charge in [-0.3, -0.25) is 0 Å². The Hall–Kier alpha value is -1.24. The molecular weight excluding hydrogens is 172 g/mol. The first kappa shape index (κ1) is 9.32. The summed E-state index contributed by atoms with van der Waals surface area (Å²) in [6, 6.07) is 6.33. The molecule has 1 aromatic carbocycles. The SMILES string of the molecule is C=Cc1cc(OCC)ccc1C1CC1. The predicted octanol–water partition coefficient (Wildman–Crippen LogP) is 3.61. The van der Waals surface area contributed by atoms with E-state index in [1.54, 1.807) is 0 Å². The van der Waals surface area contributed by atoms with E-state index in [4.69, 9.17) is 4.74 Å². The van der Waals surface area contributed by atoms with E-state index in [0.29, 0.717) is 0 Å². The summed E-state index contributed by atoms with van der Waals surface area (Å²) in [5.74, 6) is 1.73. The summed E-state index contributed by atoms with van der Waals surface area (Å²) in [5, 5.41) is 0. The lowest BCUT2D eigenvalue weighted by Gasteiger charge is -2.08. The minimum atomic E-state index is 0.722. The third-order valence-corrected chi connectivity index (χ3v) is 2.61. The summed E-state index contributed by atoms with van der Waals surface area (Å²) < 4.78 is 5.46. The van der Waals surface area contributed by atoms with Gasteiger partial charge in [0.25, 0.3) is 0 Å². The second-order valence-corrected chi connectivity index (χ2v) is 3.70.